The second-order valence-corrected chi connectivity index (χ2v) is 10.3. The Morgan fingerprint density at radius 2 is 1.50 bits per heavy atom. The predicted octanol–water partition coefficient (Wildman–Crippen LogP) is 5.71. The highest BCUT2D eigenvalue weighted by Gasteiger charge is 2.32. The molecule has 0 aliphatic carbocycles. The first-order chi connectivity index (χ1) is 17.6. The number of nitrogens with zero attached hydrogens (tertiary/aromatic N) is 2. The number of hydrogen-bond acceptors (Lipinski definition) is 5. The summed E-state index contributed by atoms with van der Waals surface area (Å²) in [5.41, 5.74) is 4.20. The van der Waals surface area contributed by atoms with E-state index in [4.69, 9.17) is 4.74 Å². The van der Waals surface area contributed by atoms with Crippen LogP contribution in [0.4, 0.5) is 0 Å². The van der Waals surface area contributed by atoms with Crippen molar-refractivity contribution in [3.05, 3.63) is 72.6 Å². The topological polar surface area (TPSA) is 90.7 Å². The molecule has 2 aliphatic heterocycles. The third-order valence-corrected chi connectivity index (χ3v) is 7.74. The van der Waals surface area contributed by atoms with E-state index in [2.05, 4.69) is 68.7 Å². The molecule has 7 heteroatoms. The molecule has 7 nitrogen and oxygen atoms in total. The van der Waals surface area contributed by atoms with Gasteiger partial charge in [0.15, 0.2) is 0 Å². The molecule has 186 valence electrons. The second-order valence-electron chi connectivity index (χ2n) is 10.3. The molecule has 3 unspecified atom stereocenters. The first-order valence-electron chi connectivity index (χ1n) is 13.0. The van der Waals surface area contributed by atoms with E-state index in [-0.39, 0.29) is 5.54 Å². The van der Waals surface area contributed by atoms with Crippen LogP contribution in [-0.4, -0.2) is 39.1 Å². The molecule has 2 fully saturated rings. The molecule has 2 aromatic carbocycles. The zero-order valence-corrected chi connectivity index (χ0v) is 21.0. The summed E-state index contributed by atoms with van der Waals surface area (Å²) in [4.78, 5) is 16.4. The number of aromatic amines is 2. The van der Waals surface area contributed by atoms with Gasteiger partial charge in [0.2, 0.25) is 0 Å². The third kappa shape index (κ3) is 4.56. The van der Waals surface area contributed by atoms with Gasteiger partial charge in [0.1, 0.15) is 23.1 Å². The zero-order chi connectivity index (χ0) is 24.5. The number of ether oxygens (including phenoxy) is 1. The molecule has 2 aromatic heterocycles. The lowest BCUT2D eigenvalue weighted by atomic mass is 9.91. The van der Waals surface area contributed by atoms with Crippen LogP contribution in [0.2, 0.25) is 0 Å². The maximum absolute atomic E-state index is 6.11. The van der Waals surface area contributed by atoms with Gasteiger partial charge in [0.25, 0.3) is 0 Å². The number of benzene rings is 2. The Morgan fingerprint density at radius 1 is 0.833 bits per heavy atom. The molecule has 4 heterocycles. The van der Waals surface area contributed by atoms with Gasteiger partial charge in [-0.2, -0.15) is 0 Å². The highest BCUT2D eigenvalue weighted by molar-refractivity contribution is 5.61. The average molecular weight is 483 g/mol. The minimum Gasteiger partial charge on any atom is -0.457 e. The van der Waals surface area contributed by atoms with Gasteiger partial charge in [0.05, 0.1) is 29.3 Å². The molecule has 0 bridgehead atoms. The summed E-state index contributed by atoms with van der Waals surface area (Å²) in [5, 5.41) is 7.11. The quantitative estimate of drug-likeness (QED) is 0.282. The van der Waals surface area contributed by atoms with Gasteiger partial charge in [-0.3, -0.25) is 0 Å². The highest BCUT2D eigenvalue weighted by atomic mass is 16.5. The van der Waals surface area contributed by atoms with Crippen LogP contribution in [0.25, 0.3) is 22.5 Å². The van der Waals surface area contributed by atoms with Crippen LogP contribution in [0.5, 0.6) is 11.5 Å². The number of rotatable bonds is 6. The Morgan fingerprint density at radius 3 is 2.14 bits per heavy atom. The maximum Gasteiger partial charge on any atom is 0.127 e. The Bertz CT molecular complexity index is 1300. The highest BCUT2D eigenvalue weighted by Crippen LogP contribution is 2.32. The first-order valence-corrected chi connectivity index (χ1v) is 13.0. The van der Waals surface area contributed by atoms with Crippen LogP contribution in [0.3, 0.4) is 0 Å². The molecule has 3 atom stereocenters. The molecule has 4 aromatic rings. The molecule has 36 heavy (non-hydrogen) atoms. The number of piperidine rings is 1. The molecule has 4 N–H and O–H groups in total. The Hall–Kier alpha value is -3.42. The lowest BCUT2D eigenvalue weighted by molar-refractivity contribution is 0.361. The van der Waals surface area contributed by atoms with Crippen molar-refractivity contribution in [1.29, 1.82) is 0 Å². The van der Waals surface area contributed by atoms with Gasteiger partial charge in [-0.25, -0.2) is 9.97 Å². The molecular weight excluding hydrogens is 448 g/mol. The van der Waals surface area contributed by atoms with Crippen LogP contribution in [0.1, 0.15) is 57.1 Å². The fourth-order valence-electron chi connectivity index (χ4n) is 5.48. The van der Waals surface area contributed by atoms with E-state index in [1.54, 1.807) is 0 Å². The molecule has 0 amide bonds. The van der Waals surface area contributed by atoms with Crippen LogP contribution in [-0.2, 0) is 5.54 Å². The summed E-state index contributed by atoms with van der Waals surface area (Å²) in [6.07, 6.45) is 8.50. The first kappa shape index (κ1) is 23.0. The van der Waals surface area contributed by atoms with Gasteiger partial charge >= 0.3 is 0 Å². The van der Waals surface area contributed by atoms with E-state index in [0.29, 0.717) is 12.0 Å². The van der Waals surface area contributed by atoms with E-state index >= 15 is 0 Å². The molecule has 0 spiro atoms. The summed E-state index contributed by atoms with van der Waals surface area (Å²) in [7, 11) is 0. The van der Waals surface area contributed by atoms with Gasteiger partial charge < -0.3 is 25.3 Å². The van der Waals surface area contributed by atoms with E-state index < -0.39 is 0 Å². The van der Waals surface area contributed by atoms with Crippen LogP contribution in [0.15, 0.2) is 60.9 Å². The minimum absolute atomic E-state index is 0.0588. The summed E-state index contributed by atoms with van der Waals surface area (Å²) >= 11 is 0. The molecular formula is C29H34N6O. The summed E-state index contributed by atoms with van der Waals surface area (Å²) < 4.78 is 6.11. The summed E-state index contributed by atoms with van der Waals surface area (Å²) in [6.45, 7) is 6.59. The van der Waals surface area contributed by atoms with Crippen molar-refractivity contribution in [2.75, 3.05) is 13.1 Å². The number of hydrogen-bond donors (Lipinski definition) is 4. The van der Waals surface area contributed by atoms with E-state index in [0.717, 1.165) is 65.2 Å². The van der Waals surface area contributed by atoms with E-state index in [1.807, 2.05) is 36.7 Å². The number of aromatic nitrogens is 4. The standard InChI is InChI=1S/C29H34N6O/c1-19-24(5-3-15-30-19)27-31-17-25(34-27)20-6-10-22(11-7-20)36-23-12-8-21(9-13-23)26-18-32-28(35-26)29(2)14-4-16-33-29/h6-13,17-19,24,30,33H,3-5,14-16H2,1-2H3,(H,31,34)(H,32,35). The molecule has 2 saturated heterocycles. The minimum atomic E-state index is -0.0588. The number of imidazole rings is 2. The van der Waals surface area contributed by atoms with Gasteiger partial charge in [0, 0.05) is 12.0 Å². The van der Waals surface area contributed by atoms with Crippen molar-refractivity contribution >= 4 is 0 Å². The third-order valence-electron chi connectivity index (χ3n) is 7.74. The predicted molar refractivity (Wildman–Crippen MR) is 142 cm³/mol. The number of H-pyrrole nitrogens is 2. The van der Waals surface area contributed by atoms with Crippen LogP contribution >= 0.6 is 0 Å². The van der Waals surface area contributed by atoms with Gasteiger partial charge in [-0.1, -0.05) is 0 Å². The van der Waals surface area contributed by atoms with Crippen LogP contribution in [0, 0.1) is 0 Å². The van der Waals surface area contributed by atoms with Crippen molar-refractivity contribution in [1.82, 2.24) is 30.6 Å². The average Bonchev–Trinajstić information content (AvgIpc) is 3.67. The zero-order valence-electron chi connectivity index (χ0n) is 21.0. The monoisotopic (exact) mass is 482 g/mol. The molecule has 0 saturated carbocycles. The van der Waals surface area contributed by atoms with Crippen molar-refractivity contribution in [2.24, 2.45) is 0 Å². The van der Waals surface area contributed by atoms with Gasteiger partial charge in [-0.15, -0.1) is 0 Å². The SMILES string of the molecule is CC1NCCCC1c1ncc(-c2ccc(Oc3ccc(-c4cnc(C5(C)CCCN5)[nH]4)cc3)cc2)[nH]1. The lowest BCUT2D eigenvalue weighted by Gasteiger charge is -2.28. The van der Waals surface area contributed by atoms with E-state index in [9.17, 15) is 0 Å². The molecule has 2 aliphatic rings. The second kappa shape index (κ2) is 9.56. The van der Waals surface area contributed by atoms with Crippen LogP contribution < -0.4 is 15.4 Å². The summed E-state index contributed by atoms with van der Waals surface area (Å²) in [6, 6.07) is 16.7. The molecule has 6 rings (SSSR count). The van der Waals surface area contributed by atoms with Crippen molar-refractivity contribution in [3.8, 4) is 34.0 Å². The Kier molecular flexibility index (Phi) is 6.11. The van der Waals surface area contributed by atoms with E-state index in [1.165, 1.54) is 19.3 Å². The fourth-order valence-corrected chi connectivity index (χ4v) is 5.48. The van der Waals surface area contributed by atoms with Crippen molar-refractivity contribution in [2.45, 2.75) is 57.0 Å². The normalized spacial score (nSPS) is 24.2. The van der Waals surface area contributed by atoms with Gasteiger partial charge in [-0.05, 0) is 112 Å². The van der Waals surface area contributed by atoms with Crippen molar-refractivity contribution in [3.63, 3.8) is 0 Å². The Balaban J connectivity index is 1.11. The largest absolute Gasteiger partial charge is 0.457 e. The fraction of sp³-hybridized carbons (Fsp3) is 0.379. The number of nitrogens with one attached hydrogen (secondary N) is 4. The summed E-state index contributed by atoms with van der Waals surface area (Å²) in [5.74, 6) is 4.13. The molecule has 0 radical (unpaired) electrons. The smallest absolute Gasteiger partial charge is 0.127 e. The van der Waals surface area contributed by atoms with Crippen molar-refractivity contribution < 1.29 is 4.74 Å². The Labute approximate surface area is 212 Å². The maximum atomic E-state index is 6.11. The lowest BCUT2D eigenvalue weighted by Crippen LogP contribution is -2.37.